The van der Waals surface area contributed by atoms with Gasteiger partial charge in [0.1, 0.15) is 6.29 Å². The molecule has 62 valence electrons. The van der Waals surface area contributed by atoms with Gasteiger partial charge in [-0.2, -0.15) is 0 Å². The minimum Gasteiger partial charge on any atom is -0.465 e. The largest absolute Gasteiger partial charge is 0.465 e. The number of ether oxygens (including phenoxy) is 1. The van der Waals surface area contributed by atoms with Crippen LogP contribution in [0.4, 0.5) is 0 Å². The van der Waals surface area contributed by atoms with Crippen molar-refractivity contribution in [1.82, 2.24) is 4.90 Å². The fourth-order valence-electron chi connectivity index (χ4n) is 0.876. The van der Waals surface area contributed by atoms with Crippen molar-refractivity contribution in [1.29, 1.82) is 0 Å². The number of rotatable bonds is 4. The third-order valence-corrected chi connectivity index (χ3v) is 1.55. The van der Waals surface area contributed by atoms with Crippen molar-refractivity contribution in [2.75, 3.05) is 19.7 Å². The summed E-state index contributed by atoms with van der Waals surface area (Å²) < 4.78 is 4.69. The van der Waals surface area contributed by atoms with Gasteiger partial charge in [-0.25, -0.2) is 0 Å². The van der Waals surface area contributed by atoms with E-state index in [1.165, 1.54) is 0 Å². The van der Waals surface area contributed by atoms with Gasteiger partial charge in [-0.05, 0) is 6.92 Å². The van der Waals surface area contributed by atoms with Crippen molar-refractivity contribution >= 4 is 12.3 Å². The molecule has 1 rings (SSSR count). The van der Waals surface area contributed by atoms with Crippen molar-refractivity contribution < 1.29 is 14.3 Å². The van der Waals surface area contributed by atoms with Crippen LogP contribution >= 0.6 is 0 Å². The monoisotopic (exact) mass is 157 g/mol. The highest BCUT2D eigenvalue weighted by Gasteiger charge is 2.35. The maximum absolute atomic E-state index is 10.8. The second-order valence-electron chi connectivity index (χ2n) is 2.44. The van der Waals surface area contributed by atoms with Gasteiger partial charge in [0.25, 0.3) is 0 Å². The van der Waals surface area contributed by atoms with Crippen LogP contribution in [0.15, 0.2) is 0 Å². The van der Waals surface area contributed by atoms with Crippen LogP contribution in [0.1, 0.15) is 6.92 Å². The molecule has 0 aliphatic carbocycles. The second kappa shape index (κ2) is 3.48. The smallest absolute Gasteiger partial charge is 0.320 e. The maximum atomic E-state index is 10.8. The van der Waals surface area contributed by atoms with Gasteiger partial charge in [0.2, 0.25) is 0 Å². The minimum absolute atomic E-state index is 0.0422. The van der Waals surface area contributed by atoms with Gasteiger partial charge in [-0.1, -0.05) is 0 Å². The predicted octanol–water partition coefficient (Wildman–Crippen LogP) is -0.567. The summed E-state index contributed by atoms with van der Waals surface area (Å²) in [6, 6.07) is -0.0422. The summed E-state index contributed by atoms with van der Waals surface area (Å²) in [5, 5.41) is 0. The number of nitrogens with zero attached hydrogens (tertiary/aromatic N) is 1. The third-order valence-electron chi connectivity index (χ3n) is 1.55. The first-order valence-electron chi connectivity index (χ1n) is 3.63. The summed E-state index contributed by atoms with van der Waals surface area (Å²) in [7, 11) is 0. The van der Waals surface area contributed by atoms with Crippen LogP contribution in [0.25, 0.3) is 0 Å². The lowest BCUT2D eigenvalue weighted by molar-refractivity contribution is -0.143. The summed E-state index contributed by atoms with van der Waals surface area (Å²) in [4.78, 5) is 22.7. The molecule has 1 heterocycles. The van der Waals surface area contributed by atoms with Crippen LogP contribution in [0.5, 0.6) is 0 Å². The van der Waals surface area contributed by atoms with Crippen LogP contribution < -0.4 is 0 Å². The highest BCUT2D eigenvalue weighted by Crippen LogP contribution is 2.13. The van der Waals surface area contributed by atoms with Crippen molar-refractivity contribution in [3.63, 3.8) is 0 Å². The molecule has 0 saturated carbocycles. The van der Waals surface area contributed by atoms with Crippen molar-refractivity contribution in [3.05, 3.63) is 0 Å². The van der Waals surface area contributed by atoms with E-state index in [9.17, 15) is 9.59 Å². The van der Waals surface area contributed by atoms with Gasteiger partial charge in [0.05, 0.1) is 19.2 Å². The first-order valence-corrected chi connectivity index (χ1v) is 3.63. The Labute approximate surface area is 65.1 Å². The van der Waals surface area contributed by atoms with E-state index in [0.29, 0.717) is 13.2 Å². The highest BCUT2D eigenvalue weighted by atomic mass is 16.5. The van der Waals surface area contributed by atoms with Crippen LogP contribution in [-0.4, -0.2) is 42.9 Å². The van der Waals surface area contributed by atoms with Crippen LogP contribution in [0.3, 0.4) is 0 Å². The van der Waals surface area contributed by atoms with Crippen LogP contribution in [0.2, 0.25) is 0 Å². The van der Waals surface area contributed by atoms with Gasteiger partial charge in [-0.3, -0.25) is 9.69 Å². The Morgan fingerprint density at radius 3 is 3.00 bits per heavy atom. The van der Waals surface area contributed by atoms with E-state index >= 15 is 0 Å². The molecule has 4 heteroatoms. The van der Waals surface area contributed by atoms with E-state index < -0.39 is 0 Å². The minimum atomic E-state index is -0.253. The predicted molar refractivity (Wildman–Crippen MR) is 38.1 cm³/mol. The molecule has 0 spiro atoms. The molecule has 1 aliphatic rings. The Bertz CT molecular complexity index is 169. The molecule has 1 aliphatic heterocycles. The molecule has 1 saturated heterocycles. The molecular weight excluding hydrogens is 146 g/mol. The van der Waals surface area contributed by atoms with Crippen LogP contribution in [0, 0.1) is 0 Å². The highest BCUT2D eigenvalue weighted by molar-refractivity contribution is 5.74. The molecule has 1 unspecified atom stereocenters. The van der Waals surface area contributed by atoms with E-state index in [1.54, 1.807) is 11.8 Å². The molecule has 4 nitrogen and oxygen atoms in total. The van der Waals surface area contributed by atoms with Gasteiger partial charge >= 0.3 is 5.97 Å². The lowest BCUT2D eigenvalue weighted by atomic mass is 10.5. The Morgan fingerprint density at radius 1 is 1.82 bits per heavy atom. The second-order valence-corrected chi connectivity index (χ2v) is 2.44. The third kappa shape index (κ3) is 2.31. The zero-order valence-corrected chi connectivity index (χ0v) is 6.45. The fraction of sp³-hybridized carbons (Fsp3) is 0.714. The summed E-state index contributed by atoms with van der Waals surface area (Å²) >= 11 is 0. The quantitative estimate of drug-likeness (QED) is 0.311. The van der Waals surface area contributed by atoms with E-state index in [-0.39, 0.29) is 18.6 Å². The zero-order chi connectivity index (χ0) is 8.27. The Kier molecular flexibility index (Phi) is 2.59. The molecule has 11 heavy (non-hydrogen) atoms. The molecule has 0 aromatic rings. The normalized spacial score (nSPS) is 27.7. The fourth-order valence-corrected chi connectivity index (χ4v) is 0.876. The molecule has 0 N–H and O–H groups in total. The Morgan fingerprint density at radius 2 is 2.55 bits per heavy atom. The maximum Gasteiger partial charge on any atom is 0.320 e. The van der Waals surface area contributed by atoms with Crippen LogP contribution in [-0.2, 0) is 14.3 Å². The number of hydrogen-bond acceptors (Lipinski definition) is 4. The van der Waals surface area contributed by atoms with E-state index in [2.05, 4.69) is 4.74 Å². The standard InChI is InChI=1S/C7H11NO3/c1-2-11-7(10)4-8-3-6(8)5-9/h5-6H,2-4H2,1H3/t6-,8?/m0/s1. The van der Waals surface area contributed by atoms with Crippen molar-refractivity contribution in [2.24, 2.45) is 0 Å². The molecule has 0 amide bonds. The van der Waals surface area contributed by atoms with Gasteiger partial charge in [0.15, 0.2) is 0 Å². The Hall–Kier alpha value is -0.900. The van der Waals surface area contributed by atoms with Crippen molar-refractivity contribution in [2.45, 2.75) is 13.0 Å². The first kappa shape index (κ1) is 8.20. The molecule has 0 radical (unpaired) electrons. The molecule has 2 atom stereocenters. The van der Waals surface area contributed by atoms with Gasteiger partial charge in [-0.15, -0.1) is 0 Å². The van der Waals surface area contributed by atoms with Crippen molar-refractivity contribution in [3.8, 4) is 0 Å². The first-order chi connectivity index (χ1) is 5.27. The molecule has 0 aromatic heterocycles. The molecule has 1 fully saturated rings. The number of aldehydes is 1. The number of hydrogen-bond donors (Lipinski definition) is 0. The molecule has 0 aromatic carbocycles. The average Bonchev–Trinajstić information content (AvgIpc) is 2.68. The summed E-state index contributed by atoms with van der Waals surface area (Å²) in [6.07, 6.45) is 0.846. The number of carbonyl (C=O) groups excluding carboxylic acids is 2. The van der Waals surface area contributed by atoms with E-state index in [4.69, 9.17) is 0 Å². The SMILES string of the molecule is CCOC(=O)CN1C[C@H]1C=O. The van der Waals surface area contributed by atoms with Gasteiger partial charge < -0.3 is 9.53 Å². The summed E-state index contributed by atoms with van der Waals surface area (Å²) in [5.41, 5.74) is 0. The zero-order valence-electron chi connectivity index (χ0n) is 6.45. The molecular formula is C7H11NO3. The summed E-state index contributed by atoms with van der Waals surface area (Å²) in [5.74, 6) is -0.253. The summed E-state index contributed by atoms with van der Waals surface area (Å²) in [6.45, 7) is 3.11. The Balaban J connectivity index is 2.12. The lowest BCUT2D eigenvalue weighted by Gasteiger charge is -2.00. The number of esters is 1. The molecule has 0 bridgehead atoms. The average molecular weight is 157 g/mol. The van der Waals surface area contributed by atoms with E-state index in [0.717, 1.165) is 6.29 Å². The lowest BCUT2D eigenvalue weighted by Crippen LogP contribution is -2.18. The number of carbonyl (C=O) groups is 2. The van der Waals surface area contributed by atoms with Gasteiger partial charge in [0, 0.05) is 6.54 Å². The topological polar surface area (TPSA) is 46.4 Å². The van der Waals surface area contributed by atoms with E-state index in [1.807, 2.05) is 0 Å².